The molecule has 0 unspecified atom stereocenters. The van der Waals surface area contributed by atoms with Crippen LogP contribution in [0.2, 0.25) is 5.28 Å². The summed E-state index contributed by atoms with van der Waals surface area (Å²) in [6.45, 7) is 3.78. The largest absolute Gasteiger partial charge is 0.270 e. The number of aryl methyl sites for hydroxylation is 2. The SMILES string of the molecule is CCCc1nnc(Cl)n1-c1ccc(F)c(C)c1. The van der Waals surface area contributed by atoms with Gasteiger partial charge >= 0.3 is 0 Å². The summed E-state index contributed by atoms with van der Waals surface area (Å²) in [6, 6.07) is 4.84. The zero-order chi connectivity index (χ0) is 12.4. The number of aromatic nitrogens is 3. The van der Waals surface area contributed by atoms with Crippen molar-refractivity contribution >= 4 is 11.6 Å². The molecule has 0 aliphatic carbocycles. The molecule has 0 bridgehead atoms. The molecule has 0 atom stereocenters. The summed E-state index contributed by atoms with van der Waals surface area (Å²) in [5.41, 5.74) is 1.37. The number of nitrogens with zero attached hydrogens (tertiary/aromatic N) is 3. The van der Waals surface area contributed by atoms with Crippen molar-refractivity contribution in [3.05, 3.63) is 40.7 Å². The Labute approximate surface area is 104 Å². The maximum atomic E-state index is 13.2. The van der Waals surface area contributed by atoms with Crippen LogP contribution in [0.4, 0.5) is 4.39 Å². The van der Waals surface area contributed by atoms with Crippen LogP contribution < -0.4 is 0 Å². The second-order valence-corrected chi connectivity index (χ2v) is 4.24. The first kappa shape index (κ1) is 12.0. The van der Waals surface area contributed by atoms with E-state index in [2.05, 4.69) is 17.1 Å². The molecule has 0 amide bonds. The van der Waals surface area contributed by atoms with E-state index >= 15 is 0 Å². The first-order valence-electron chi connectivity index (χ1n) is 5.49. The maximum absolute atomic E-state index is 13.2. The average Bonchev–Trinajstić information content (AvgIpc) is 2.65. The molecule has 0 N–H and O–H groups in total. The lowest BCUT2D eigenvalue weighted by atomic mass is 10.2. The lowest BCUT2D eigenvalue weighted by Crippen LogP contribution is -2.02. The Hall–Kier alpha value is -1.42. The summed E-state index contributed by atoms with van der Waals surface area (Å²) in [7, 11) is 0. The van der Waals surface area contributed by atoms with E-state index in [0.717, 1.165) is 24.4 Å². The molecule has 2 rings (SSSR count). The van der Waals surface area contributed by atoms with Crippen molar-refractivity contribution in [2.45, 2.75) is 26.7 Å². The third kappa shape index (κ3) is 2.31. The predicted molar refractivity (Wildman–Crippen MR) is 65.1 cm³/mol. The summed E-state index contributed by atoms with van der Waals surface area (Å²) in [6.07, 6.45) is 1.74. The van der Waals surface area contributed by atoms with E-state index in [1.807, 2.05) is 0 Å². The van der Waals surface area contributed by atoms with Crippen molar-refractivity contribution in [1.82, 2.24) is 14.8 Å². The minimum Gasteiger partial charge on any atom is -0.270 e. The summed E-state index contributed by atoms with van der Waals surface area (Å²) >= 11 is 6.00. The summed E-state index contributed by atoms with van der Waals surface area (Å²) in [5.74, 6) is 0.568. The molecule has 1 aromatic carbocycles. The van der Waals surface area contributed by atoms with Crippen LogP contribution in [0.25, 0.3) is 5.69 Å². The van der Waals surface area contributed by atoms with Crippen molar-refractivity contribution in [3.8, 4) is 5.69 Å². The Balaban J connectivity index is 2.51. The van der Waals surface area contributed by atoms with Crippen molar-refractivity contribution in [3.63, 3.8) is 0 Å². The molecule has 0 aliphatic rings. The Morgan fingerprint density at radius 2 is 2.12 bits per heavy atom. The van der Waals surface area contributed by atoms with E-state index in [1.54, 1.807) is 23.6 Å². The highest BCUT2D eigenvalue weighted by atomic mass is 35.5. The normalized spacial score (nSPS) is 10.8. The van der Waals surface area contributed by atoms with Crippen molar-refractivity contribution < 1.29 is 4.39 Å². The van der Waals surface area contributed by atoms with Crippen molar-refractivity contribution in [1.29, 1.82) is 0 Å². The molecule has 0 aliphatic heterocycles. The molecule has 90 valence electrons. The third-order valence-electron chi connectivity index (χ3n) is 2.56. The van der Waals surface area contributed by atoms with Gasteiger partial charge in [0.1, 0.15) is 11.6 Å². The Kier molecular flexibility index (Phi) is 3.43. The van der Waals surface area contributed by atoms with Gasteiger partial charge in [0.05, 0.1) is 5.69 Å². The Morgan fingerprint density at radius 1 is 1.35 bits per heavy atom. The molecule has 0 fully saturated rings. The first-order chi connectivity index (χ1) is 8.13. The smallest absolute Gasteiger partial charge is 0.229 e. The molecule has 17 heavy (non-hydrogen) atoms. The molecule has 3 nitrogen and oxygen atoms in total. The maximum Gasteiger partial charge on any atom is 0.229 e. The van der Waals surface area contributed by atoms with Gasteiger partial charge < -0.3 is 0 Å². The Bertz CT molecular complexity index is 537. The van der Waals surface area contributed by atoms with Crippen LogP contribution in [0.3, 0.4) is 0 Å². The number of hydrogen-bond acceptors (Lipinski definition) is 2. The van der Waals surface area contributed by atoms with Gasteiger partial charge in [-0.25, -0.2) is 4.39 Å². The van der Waals surface area contributed by atoms with Crippen LogP contribution in [0, 0.1) is 12.7 Å². The molecule has 1 aromatic heterocycles. The van der Waals surface area contributed by atoms with Gasteiger partial charge in [-0.05, 0) is 48.7 Å². The second-order valence-electron chi connectivity index (χ2n) is 3.90. The topological polar surface area (TPSA) is 30.7 Å². The number of rotatable bonds is 3. The van der Waals surface area contributed by atoms with Crippen molar-refractivity contribution in [2.24, 2.45) is 0 Å². The molecular weight excluding hydrogens is 241 g/mol. The molecular formula is C12H13ClFN3. The van der Waals surface area contributed by atoms with Gasteiger partial charge in [0.25, 0.3) is 0 Å². The van der Waals surface area contributed by atoms with Crippen LogP contribution >= 0.6 is 11.6 Å². The molecule has 0 spiro atoms. The van der Waals surface area contributed by atoms with Crippen LogP contribution in [-0.4, -0.2) is 14.8 Å². The highest BCUT2D eigenvalue weighted by Gasteiger charge is 2.12. The number of hydrogen-bond donors (Lipinski definition) is 0. The van der Waals surface area contributed by atoms with E-state index < -0.39 is 0 Å². The highest BCUT2D eigenvalue weighted by molar-refractivity contribution is 6.28. The van der Waals surface area contributed by atoms with Gasteiger partial charge in [0.15, 0.2) is 0 Å². The first-order valence-corrected chi connectivity index (χ1v) is 5.87. The monoisotopic (exact) mass is 253 g/mol. The van der Waals surface area contributed by atoms with E-state index in [9.17, 15) is 4.39 Å². The van der Waals surface area contributed by atoms with Gasteiger partial charge in [-0.2, -0.15) is 0 Å². The summed E-state index contributed by atoms with van der Waals surface area (Å²) in [4.78, 5) is 0. The van der Waals surface area contributed by atoms with E-state index in [4.69, 9.17) is 11.6 Å². The fraction of sp³-hybridized carbons (Fsp3) is 0.333. The lowest BCUT2D eigenvalue weighted by molar-refractivity contribution is 0.618. The van der Waals surface area contributed by atoms with E-state index in [1.165, 1.54) is 6.07 Å². The molecule has 5 heteroatoms. The lowest BCUT2D eigenvalue weighted by Gasteiger charge is -2.08. The van der Waals surface area contributed by atoms with Crippen LogP contribution in [0.5, 0.6) is 0 Å². The van der Waals surface area contributed by atoms with Crippen LogP contribution in [0.15, 0.2) is 18.2 Å². The zero-order valence-corrected chi connectivity index (χ0v) is 10.5. The fourth-order valence-corrected chi connectivity index (χ4v) is 1.94. The minimum absolute atomic E-state index is 0.227. The predicted octanol–water partition coefficient (Wildman–Crippen LogP) is 3.32. The molecule has 1 heterocycles. The van der Waals surface area contributed by atoms with E-state index in [0.29, 0.717) is 10.8 Å². The molecule has 0 saturated heterocycles. The van der Waals surface area contributed by atoms with Gasteiger partial charge in [0, 0.05) is 6.42 Å². The summed E-state index contributed by atoms with van der Waals surface area (Å²) < 4.78 is 15.0. The van der Waals surface area contributed by atoms with Gasteiger partial charge in [0.2, 0.25) is 5.28 Å². The number of halogens is 2. The van der Waals surface area contributed by atoms with Gasteiger partial charge in [-0.1, -0.05) is 6.92 Å². The second kappa shape index (κ2) is 4.84. The van der Waals surface area contributed by atoms with Crippen molar-refractivity contribution in [2.75, 3.05) is 0 Å². The quantitative estimate of drug-likeness (QED) is 0.840. The Morgan fingerprint density at radius 3 is 2.76 bits per heavy atom. The fourth-order valence-electron chi connectivity index (χ4n) is 1.70. The standard InChI is InChI=1S/C12H13ClFN3/c1-3-4-11-15-16-12(13)17(11)9-5-6-10(14)8(2)7-9/h5-7H,3-4H2,1-2H3. The van der Waals surface area contributed by atoms with Crippen LogP contribution in [0.1, 0.15) is 24.7 Å². The molecule has 2 aromatic rings. The van der Waals surface area contributed by atoms with Gasteiger partial charge in [-0.3, -0.25) is 4.57 Å². The average molecular weight is 254 g/mol. The zero-order valence-electron chi connectivity index (χ0n) is 9.74. The third-order valence-corrected chi connectivity index (χ3v) is 2.81. The molecule has 0 saturated carbocycles. The van der Waals surface area contributed by atoms with E-state index in [-0.39, 0.29) is 5.82 Å². The van der Waals surface area contributed by atoms with Gasteiger partial charge in [-0.15, -0.1) is 10.2 Å². The number of benzene rings is 1. The minimum atomic E-state index is -0.227. The highest BCUT2D eigenvalue weighted by Crippen LogP contribution is 2.20. The summed E-state index contributed by atoms with van der Waals surface area (Å²) in [5, 5.41) is 8.17. The van der Waals surface area contributed by atoms with Crippen LogP contribution in [-0.2, 0) is 6.42 Å². The molecule has 0 radical (unpaired) electrons.